The van der Waals surface area contributed by atoms with Crippen molar-refractivity contribution in [3.63, 3.8) is 0 Å². The number of hydrogen-bond acceptors (Lipinski definition) is 3. The third-order valence-corrected chi connectivity index (χ3v) is 2.26. The fourth-order valence-corrected chi connectivity index (χ4v) is 1.41. The second-order valence-corrected chi connectivity index (χ2v) is 3.91. The van der Waals surface area contributed by atoms with E-state index in [0.717, 1.165) is 6.26 Å². The standard InChI is InChI=1S/C9H8BrF2NO4/c10-6-1-4(3-17-6)8(14)13-5(9(15)16)2-7(11)12/h1,3,5,7H,2H2,(H,13,14)(H,15,16). The van der Waals surface area contributed by atoms with Gasteiger partial charge in [0, 0.05) is 12.5 Å². The molecule has 1 unspecified atom stereocenters. The Kier molecular flexibility index (Phi) is 4.62. The molecule has 0 aliphatic rings. The van der Waals surface area contributed by atoms with Crippen LogP contribution in [-0.4, -0.2) is 29.5 Å². The molecular formula is C9H8BrF2NO4. The molecule has 0 aliphatic heterocycles. The van der Waals surface area contributed by atoms with Crippen molar-refractivity contribution < 1.29 is 27.9 Å². The second kappa shape index (κ2) is 5.76. The Morgan fingerprint density at radius 1 is 1.53 bits per heavy atom. The molecule has 0 bridgehead atoms. The zero-order chi connectivity index (χ0) is 13.0. The molecule has 94 valence electrons. The van der Waals surface area contributed by atoms with Crippen LogP contribution in [0.1, 0.15) is 16.8 Å². The van der Waals surface area contributed by atoms with E-state index in [1.165, 1.54) is 6.07 Å². The number of carbonyl (C=O) groups is 2. The predicted octanol–water partition coefficient (Wildman–Crippen LogP) is 1.88. The van der Waals surface area contributed by atoms with Crippen LogP contribution in [0.4, 0.5) is 8.78 Å². The number of carboxylic acid groups (broad SMARTS) is 1. The van der Waals surface area contributed by atoms with Crippen molar-refractivity contribution in [1.82, 2.24) is 5.32 Å². The van der Waals surface area contributed by atoms with Crippen LogP contribution in [-0.2, 0) is 4.79 Å². The van der Waals surface area contributed by atoms with Crippen molar-refractivity contribution in [2.24, 2.45) is 0 Å². The van der Waals surface area contributed by atoms with Crippen LogP contribution in [0.2, 0.25) is 0 Å². The van der Waals surface area contributed by atoms with Gasteiger partial charge in [0.25, 0.3) is 5.91 Å². The van der Waals surface area contributed by atoms with Gasteiger partial charge < -0.3 is 14.8 Å². The lowest BCUT2D eigenvalue weighted by atomic mass is 10.2. The van der Waals surface area contributed by atoms with Crippen molar-refractivity contribution in [3.05, 3.63) is 22.6 Å². The highest BCUT2D eigenvalue weighted by atomic mass is 79.9. The highest BCUT2D eigenvalue weighted by Crippen LogP contribution is 2.14. The van der Waals surface area contributed by atoms with Crippen LogP contribution in [0.5, 0.6) is 0 Å². The first-order valence-corrected chi connectivity index (χ1v) is 5.25. The molecular weight excluding hydrogens is 304 g/mol. The summed E-state index contributed by atoms with van der Waals surface area (Å²) in [5, 5.41) is 10.6. The van der Waals surface area contributed by atoms with Crippen molar-refractivity contribution >= 4 is 27.8 Å². The average molecular weight is 312 g/mol. The van der Waals surface area contributed by atoms with E-state index in [0.29, 0.717) is 0 Å². The van der Waals surface area contributed by atoms with Gasteiger partial charge in [-0.25, -0.2) is 13.6 Å². The molecule has 2 N–H and O–H groups in total. The molecule has 1 aromatic rings. The molecule has 0 saturated heterocycles. The smallest absolute Gasteiger partial charge is 0.326 e. The average Bonchev–Trinajstić information content (AvgIpc) is 2.63. The van der Waals surface area contributed by atoms with Crippen molar-refractivity contribution in [2.45, 2.75) is 18.9 Å². The van der Waals surface area contributed by atoms with Gasteiger partial charge in [-0.05, 0) is 15.9 Å². The van der Waals surface area contributed by atoms with Crippen molar-refractivity contribution in [3.8, 4) is 0 Å². The maximum atomic E-state index is 12.1. The molecule has 0 aromatic carbocycles. The van der Waals surface area contributed by atoms with E-state index in [-0.39, 0.29) is 10.2 Å². The van der Waals surface area contributed by atoms with Gasteiger partial charge in [-0.1, -0.05) is 0 Å². The Balaban J connectivity index is 2.67. The van der Waals surface area contributed by atoms with Gasteiger partial charge in [-0.3, -0.25) is 4.79 Å². The summed E-state index contributed by atoms with van der Waals surface area (Å²) in [5.74, 6) is -2.30. The van der Waals surface area contributed by atoms with Crippen LogP contribution in [0.15, 0.2) is 21.4 Å². The molecule has 0 fully saturated rings. The Morgan fingerprint density at radius 3 is 2.59 bits per heavy atom. The number of hydrogen-bond donors (Lipinski definition) is 2. The molecule has 1 heterocycles. The molecule has 0 radical (unpaired) electrons. The molecule has 1 atom stereocenters. The van der Waals surface area contributed by atoms with Gasteiger partial charge >= 0.3 is 5.97 Å². The lowest BCUT2D eigenvalue weighted by Gasteiger charge is -2.12. The van der Waals surface area contributed by atoms with Gasteiger partial charge in [0.2, 0.25) is 6.43 Å². The largest absolute Gasteiger partial charge is 0.480 e. The summed E-state index contributed by atoms with van der Waals surface area (Å²) in [4.78, 5) is 22.1. The van der Waals surface area contributed by atoms with Crippen LogP contribution in [0.3, 0.4) is 0 Å². The van der Waals surface area contributed by atoms with E-state index >= 15 is 0 Å². The minimum atomic E-state index is -2.81. The van der Waals surface area contributed by atoms with Gasteiger partial charge in [-0.2, -0.15) is 0 Å². The van der Waals surface area contributed by atoms with Crippen LogP contribution in [0, 0.1) is 0 Å². The number of carbonyl (C=O) groups excluding carboxylic acids is 1. The van der Waals surface area contributed by atoms with E-state index in [9.17, 15) is 18.4 Å². The molecule has 17 heavy (non-hydrogen) atoms. The Bertz CT molecular complexity index is 421. The molecule has 5 nitrogen and oxygen atoms in total. The maximum absolute atomic E-state index is 12.1. The summed E-state index contributed by atoms with van der Waals surface area (Å²) in [6, 6.07) is -0.326. The number of aliphatic carboxylic acids is 1. The summed E-state index contributed by atoms with van der Waals surface area (Å²) in [7, 11) is 0. The molecule has 0 aliphatic carbocycles. The van der Waals surface area contributed by atoms with Crippen LogP contribution in [0.25, 0.3) is 0 Å². The molecule has 0 spiro atoms. The topological polar surface area (TPSA) is 79.5 Å². The molecule has 8 heteroatoms. The number of halogens is 3. The monoisotopic (exact) mass is 311 g/mol. The summed E-state index contributed by atoms with van der Waals surface area (Å²) >= 11 is 2.95. The minimum Gasteiger partial charge on any atom is -0.480 e. The van der Waals surface area contributed by atoms with E-state index in [2.05, 4.69) is 15.9 Å². The summed E-state index contributed by atoms with van der Waals surface area (Å²) in [6.45, 7) is 0. The predicted molar refractivity (Wildman–Crippen MR) is 55.9 cm³/mol. The zero-order valence-corrected chi connectivity index (χ0v) is 9.91. The molecule has 1 aromatic heterocycles. The number of alkyl halides is 2. The van der Waals surface area contributed by atoms with Crippen LogP contribution < -0.4 is 5.32 Å². The van der Waals surface area contributed by atoms with E-state index in [1.54, 1.807) is 0 Å². The van der Waals surface area contributed by atoms with E-state index < -0.39 is 30.8 Å². The van der Waals surface area contributed by atoms with E-state index in [4.69, 9.17) is 9.52 Å². The second-order valence-electron chi connectivity index (χ2n) is 3.13. The van der Waals surface area contributed by atoms with Crippen molar-refractivity contribution in [1.29, 1.82) is 0 Å². The van der Waals surface area contributed by atoms with Gasteiger partial charge in [0.1, 0.15) is 12.3 Å². The summed E-state index contributed by atoms with van der Waals surface area (Å²) in [6.07, 6.45) is -2.67. The number of carboxylic acids is 1. The van der Waals surface area contributed by atoms with Gasteiger partial charge in [0.05, 0.1) is 5.56 Å². The fourth-order valence-electron chi connectivity index (χ4n) is 1.07. The summed E-state index contributed by atoms with van der Waals surface area (Å²) in [5.41, 5.74) is 0.0531. The lowest BCUT2D eigenvalue weighted by molar-refractivity contribution is -0.140. The van der Waals surface area contributed by atoms with E-state index in [1.807, 2.05) is 5.32 Å². The lowest BCUT2D eigenvalue weighted by Crippen LogP contribution is -2.41. The number of amides is 1. The maximum Gasteiger partial charge on any atom is 0.326 e. The Hall–Kier alpha value is -1.44. The zero-order valence-electron chi connectivity index (χ0n) is 8.32. The SMILES string of the molecule is O=C(NC(CC(F)F)C(=O)O)c1coc(Br)c1. The molecule has 1 rings (SSSR count). The third-order valence-electron chi connectivity index (χ3n) is 1.85. The summed E-state index contributed by atoms with van der Waals surface area (Å²) < 4.78 is 29.2. The van der Waals surface area contributed by atoms with Gasteiger partial charge in [0.15, 0.2) is 4.67 Å². The fraction of sp³-hybridized carbons (Fsp3) is 0.333. The first-order chi connectivity index (χ1) is 7.90. The van der Waals surface area contributed by atoms with Crippen molar-refractivity contribution in [2.75, 3.05) is 0 Å². The highest BCUT2D eigenvalue weighted by Gasteiger charge is 2.25. The third kappa shape index (κ3) is 4.14. The molecule has 1 amide bonds. The Morgan fingerprint density at radius 2 is 2.18 bits per heavy atom. The Labute approximate surface area is 103 Å². The number of furan rings is 1. The highest BCUT2D eigenvalue weighted by molar-refractivity contribution is 9.10. The number of rotatable bonds is 5. The minimum absolute atomic E-state index is 0.0531. The molecule has 0 saturated carbocycles. The first kappa shape index (κ1) is 13.6. The van der Waals surface area contributed by atoms with Gasteiger partial charge in [-0.15, -0.1) is 0 Å². The quantitative estimate of drug-likeness (QED) is 0.870. The van der Waals surface area contributed by atoms with Crippen LogP contribution >= 0.6 is 15.9 Å². The normalized spacial score (nSPS) is 12.5. The first-order valence-electron chi connectivity index (χ1n) is 4.46. The number of nitrogens with one attached hydrogen (secondary N) is 1.